The average Bonchev–Trinajstić information content (AvgIpc) is 3.18. The number of unbranched alkanes of at least 4 members (excludes halogenated alkanes) is 4. The van der Waals surface area contributed by atoms with Crippen LogP contribution in [0.15, 0.2) is 54.7 Å². The summed E-state index contributed by atoms with van der Waals surface area (Å²) < 4.78 is 1.87. The third kappa shape index (κ3) is 6.34. The Kier molecular flexibility index (Phi) is 7.22. The van der Waals surface area contributed by atoms with Crippen LogP contribution in [0.25, 0.3) is 11.3 Å². The number of aryl methyl sites for hydroxylation is 1. The van der Waals surface area contributed by atoms with Crippen LogP contribution >= 0.6 is 0 Å². The Balaban J connectivity index is 1.29. The third-order valence-corrected chi connectivity index (χ3v) is 4.75. The van der Waals surface area contributed by atoms with E-state index in [1.165, 1.54) is 0 Å². The van der Waals surface area contributed by atoms with Crippen LogP contribution < -0.4 is 16.8 Å². The lowest BCUT2D eigenvalue weighted by atomic mass is 10.1. The molecule has 0 atom stereocenters. The highest BCUT2D eigenvalue weighted by Gasteiger charge is 2.06. The van der Waals surface area contributed by atoms with Crippen LogP contribution in [0.1, 0.15) is 38.5 Å². The molecule has 1 heterocycles. The van der Waals surface area contributed by atoms with E-state index in [0.717, 1.165) is 55.6 Å². The Morgan fingerprint density at radius 3 is 2.59 bits per heavy atom. The Bertz CT molecular complexity index is 936. The Morgan fingerprint density at radius 2 is 1.76 bits per heavy atom. The van der Waals surface area contributed by atoms with Crippen molar-refractivity contribution in [3.63, 3.8) is 0 Å². The number of nitrogens with two attached hydrogens (primary N) is 2. The van der Waals surface area contributed by atoms with E-state index in [9.17, 15) is 4.79 Å². The number of para-hydroxylation sites is 2. The summed E-state index contributed by atoms with van der Waals surface area (Å²) in [6.45, 7) is 0.836. The molecular formula is C22H28N6O. The molecule has 0 aliphatic carbocycles. The number of nitrogen functional groups attached to an aromatic ring is 2. The van der Waals surface area contributed by atoms with Crippen molar-refractivity contribution in [1.82, 2.24) is 15.0 Å². The maximum atomic E-state index is 12.0. The topological polar surface area (TPSA) is 112 Å². The van der Waals surface area contributed by atoms with Crippen LogP contribution in [0, 0.1) is 0 Å². The number of nitrogens with zero attached hydrogens (tertiary/aromatic N) is 3. The molecule has 1 aromatic heterocycles. The van der Waals surface area contributed by atoms with E-state index in [4.69, 9.17) is 11.5 Å². The summed E-state index contributed by atoms with van der Waals surface area (Å²) in [6.07, 6.45) is 7.60. The second-order valence-electron chi connectivity index (χ2n) is 7.15. The molecular weight excluding hydrogens is 364 g/mol. The van der Waals surface area contributed by atoms with Crippen molar-refractivity contribution in [2.75, 3.05) is 16.8 Å². The fraction of sp³-hybridized carbons (Fsp3) is 0.318. The van der Waals surface area contributed by atoms with Gasteiger partial charge in [-0.15, -0.1) is 5.10 Å². The second-order valence-corrected chi connectivity index (χ2v) is 7.15. The number of rotatable bonds is 10. The maximum Gasteiger partial charge on any atom is 0.224 e. The molecule has 0 aliphatic heterocycles. The molecule has 0 saturated carbocycles. The fourth-order valence-corrected chi connectivity index (χ4v) is 3.15. The van der Waals surface area contributed by atoms with Gasteiger partial charge in [0.1, 0.15) is 5.69 Å². The number of hydrogen-bond acceptors (Lipinski definition) is 5. The summed E-state index contributed by atoms with van der Waals surface area (Å²) in [5, 5.41) is 11.3. The summed E-state index contributed by atoms with van der Waals surface area (Å²) in [5.74, 6) is 0.0135. The SMILES string of the molecule is Nc1cccc(-c2cn(CCCCCCCC(=O)Nc3ccccc3N)nn2)c1. The molecule has 0 unspecified atom stereocenters. The van der Waals surface area contributed by atoms with Gasteiger partial charge in [-0.1, -0.05) is 48.7 Å². The molecule has 3 rings (SSSR count). The third-order valence-electron chi connectivity index (χ3n) is 4.75. The maximum absolute atomic E-state index is 12.0. The van der Waals surface area contributed by atoms with E-state index >= 15 is 0 Å². The molecule has 0 bridgehead atoms. The Labute approximate surface area is 171 Å². The first kappa shape index (κ1) is 20.4. The molecule has 152 valence electrons. The molecule has 0 spiro atoms. The van der Waals surface area contributed by atoms with Crippen molar-refractivity contribution in [1.29, 1.82) is 0 Å². The summed E-state index contributed by atoms with van der Waals surface area (Å²) in [4.78, 5) is 12.0. The van der Waals surface area contributed by atoms with Gasteiger partial charge in [-0.05, 0) is 37.1 Å². The minimum Gasteiger partial charge on any atom is -0.399 e. The quantitative estimate of drug-likeness (QED) is 0.355. The number of amides is 1. The average molecular weight is 393 g/mol. The van der Waals surface area contributed by atoms with E-state index < -0.39 is 0 Å². The molecule has 0 saturated heterocycles. The Morgan fingerprint density at radius 1 is 0.966 bits per heavy atom. The normalized spacial score (nSPS) is 10.8. The molecule has 7 heteroatoms. The van der Waals surface area contributed by atoms with Crippen molar-refractivity contribution >= 4 is 23.0 Å². The molecule has 0 aliphatic rings. The molecule has 1 amide bonds. The molecule has 29 heavy (non-hydrogen) atoms. The first-order valence-electron chi connectivity index (χ1n) is 10.0. The molecule has 7 nitrogen and oxygen atoms in total. The fourth-order valence-electron chi connectivity index (χ4n) is 3.15. The second kappa shape index (κ2) is 10.3. The lowest BCUT2D eigenvalue weighted by molar-refractivity contribution is -0.116. The molecule has 3 aromatic rings. The standard InChI is InChI=1S/C22H28N6O/c23-18-10-8-9-17(15-18)21-16-28(27-26-21)14-7-3-1-2-4-13-22(29)25-20-12-6-5-11-19(20)24/h5-6,8-12,15-16H,1-4,7,13-14,23-24H2,(H,25,29). The minimum atomic E-state index is 0.0135. The van der Waals surface area contributed by atoms with E-state index in [2.05, 4.69) is 15.6 Å². The number of carbonyl (C=O) groups is 1. The van der Waals surface area contributed by atoms with Crippen LogP contribution in [0.3, 0.4) is 0 Å². The highest BCUT2D eigenvalue weighted by Crippen LogP contribution is 2.19. The van der Waals surface area contributed by atoms with Gasteiger partial charge in [0.25, 0.3) is 0 Å². The van der Waals surface area contributed by atoms with Crippen molar-refractivity contribution < 1.29 is 4.79 Å². The summed E-state index contributed by atoms with van der Waals surface area (Å²) >= 11 is 0. The van der Waals surface area contributed by atoms with Gasteiger partial charge in [-0.2, -0.15) is 0 Å². The first-order valence-corrected chi connectivity index (χ1v) is 10.0. The predicted molar refractivity (Wildman–Crippen MR) is 117 cm³/mol. The van der Waals surface area contributed by atoms with Gasteiger partial charge in [0, 0.05) is 24.2 Å². The lowest BCUT2D eigenvalue weighted by Gasteiger charge is -2.07. The highest BCUT2D eigenvalue weighted by molar-refractivity contribution is 5.93. The number of hydrogen-bond donors (Lipinski definition) is 3. The zero-order valence-corrected chi connectivity index (χ0v) is 16.6. The van der Waals surface area contributed by atoms with Crippen LogP contribution in [0.2, 0.25) is 0 Å². The number of aromatic nitrogens is 3. The molecule has 0 radical (unpaired) electrons. The monoisotopic (exact) mass is 392 g/mol. The van der Waals surface area contributed by atoms with Crippen LogP contribution in [0.5, 0.6) is 0 Å². The van der Waals surface area contributed by atoms with Gasteiger partial charge >= 0.3 is 0 Å². The van der Waals surface area contributed by atoms with E-state index in [1.807, 2.05) is 53.3 Å². The van der Waals surface area contributed by atoms with Gasteiger partial charge < -0.3 is 16.8 Å². The molecule has 2 aromatic carbocycles. The predicted octanol–water partition coefficient (Wildman–Crippen LogP) is 4.09. The van der Waals surface area contributed by atoms with Crippen molar-refractivity contribution in [2.45, 2.75) is 45.1 Å². The van der Waals surface area contributed by atoms with Crippen molar-refractivity contribution in [2.24, 2.45) is 0 Å². The number of benzene rings is 2. The van der Waals surface area contributed by atoms with E-state index in [0.29, 0.717) is 17.8 Å². The zero-order chi connectivity index (χ0) is 20.5. The highest BCUT2D eigenvalue weighted by atomic mass is 16.1. The van der Waals surface area contributed by atoms with E-state index in [1.54, 1.807) is 6.07 Å². The van der Waals surface area contributed by atoms with Gasteiger partial charge in [0.15, 0.2) is 0 Å². The van der Waals surface area contributed by atoms with E-state index in [-0.39, 0.29) is 5.91 Å². The lowest BCUT2D eigenvalue weighted by Crippen LogP contribution is -2.12. The smallest absolute Gasteiger partial charge is 0.224 e. The summed E-state index contributed by atoms with van der Waals surface area (Å²) in [5.41, 5.74) is 15.5. The molecule has 5 N–H and O–H groups in total. The van der Waals surface area contributed by atoms with Crippen LogP contribution in [0.4, 0.5) is 17.1 Å². The van der Waals surface area contributed by atoms with Gasteiger partial charge in [0.05, 0.1) is 17.6 Å². The summed E-state index contributed by atoms with van der Waals surface area (Å²) in [7, 11) is 0. The molecule has 0 fully saturated rings. The minimum absolute atomic E-state index is 0.0135. The largest absolute Gasteiger partial charge is 0.399 e. The number of nitrogens with one attached hydrogen (secondary N) is 1. The number of carbonyl (C=O) groups excluding carboxylic acids is 1. The first-order chi connectivity index (χ1) is 14.1. The van der Waals surface area contributed by atoms with Crippen LogP contribution in [-0.4, -0.2) is 20.9 Å². The van der Waals surface area contributed by atoms with Crippen molar-refractivity contribution in [3.05, 3.63) is 54.7 Å². The van der Waals surface area contributed by atoms with Gasteiger partial charge in [-0.3, -0.25) is 9.48 Å². The zero-order valence-electron chi connectivity index (χ0n) is 16.6. The van der Waals surface area contributed by atoms with Gasteiger partial charge in [0.2, 0.25) is 5.91 Å². The summed E-state index contributed by atoms with van der Waals surface area (Å²) in [6, 6.07) is 15.0. The van der Waals surface area contributed by atoms with Crippen molar-refractivity contribution in [3.8, 4) is 11.3 Å². The van der Waals surface area contributed by atoms with Gasteiger partial charge in [-0.25, -0.2) is 0 Å². The number of anilines is 3. The van der Waals surface area contributed by atoms with Crippen LogP contribution in [-0.2, 0) is 11.3 Å². The Hall–Kier alpha value is -3.35.